The first-order chi connectivity index (χ1) is 9.15. The van der Waals surface area contributed by atoms with E-state index in [0.29, 0.717) is 13.1 Å². The maximum Gasteiger partial charge on any atom is 0.269 e. The van der Waals surface area contributed by atoms with Gasteiger partial charge in [-0.3, -0.25) is 10.1 Å². The Bertz CT molecular complexity index is 567. The van der Waals surface area contributed by atoms with Crippen molar-refractivity contribution >= 4 is 5.69 Å². The molecule has 2 aromatic rings. The predicted octanol–water partition coefficient (Wildman–Crippen LogP) is 2.59. The predicted molar refractivity (Wildman–Crippen MR) is 71.7 cm³/mol. The van der Waals surface area contributed by atoms with Crippen LogP contribution in [0.25, 0.3) is 0 Å². The van der Waals surface area contributed by atoms with Crippen LogP contribution in [0, 0.1) is 10.1 Å². The molecule has 98 valence electrons. The van der Waals surface area contributed by atoms with E-state index >= 15 is 0 Å². The second kappa shape index (κ2) is 5.97. The highest BCUT2D eigenvalue weighted by molar-refractivity contribution is 5.33. The van der Waals surface area contributed by atoms with E-state index in [-0.39, 0.29) is 11.4 Å². The number of rotatable bonds is 5. The summed E-state index contributed by atoms with van der Waals surface area (Å²) < 4.78 is 0. The molecule has 0 saturated carbocycles. The Labute approximate surface area is 110 Å². The molecule has 2 N–H and O–H groups in total. The summed E-state index contributed by atoms with van der Waals surface area (Å²) in [5.41, 5.74) is 2.06. The van der Waals surface area contributed by atoms with Crippen LogP contribution in [0.3, 0.4) is 0 Å². The summed E-state index contributed by atoms with van der Waals surface area (Å²) in [4.78, 5) is 10.1. The zero-order valence-electron chi connectivity index (χ0n) is 10.2. The zero-order chi connectivity index (χ0) is 13.7. The van der Waals surface area contributed by atoms with Gasteiger partial charge in [0.15, 0.2) is 0 Å². The van der Waals surface area contributed by atoms with Gasteiger partial charge in [-0.15, -0.1) is 0 Å². The molecule has 0 fully saturated rings. The summed E-state index contributed by atoms with van der Waals surface area (Å²) in [6.07, 6.45) is 0. The van der Waals surface area contributed by atoms with Crippen LogP contribution in [-0.4, -0.2) is 10.0 Å². The minimum atomic E-state index is -0.413. The first-order valence-corrected chi connectivity index (χ1v) is 5.87. The fourth-order valence-electron chi connectivity index (χ4n) is 1.75. The first-order valence-electron chi connectivity index (χ1n) is 5.87. The normalized spacial score (nSPS) is 10.3. The summed E-state index contributed by atoms with van der Waals surface area (Å²) in [7, 11) is 0. The Morgan fingerprint density at radius 2 is 1.74 bits per heavy atom. The lowest BCUT2D eigenvalue weighted by molar-refractivity contribution is -0.384. The number of phenols is 1. The van der Waals surface area contributed by atoms with Crippen LogP contribution in [0.4, 0.5) is 5.69 Å². The Hall–Kier alpha value is -2.40. The molecule has 0 radical (unpaired) electrons. The Balaban J connectivity index is 1.87. The molecule has 2 aromatic carbocycles. The number of phenolic OH excluding ortho intramolecular Hbond substituents is 1. The molecule has 0 aliphatic carbocycles. The van der Waals surface area contributed by atoms with Gasteiger partial charge < -0.3 is 10.4 Å². The van der Waals surface area contributed by atoms with Crippen molar-refractivity contribution in [1.29, 1.82) is 0 Å². The lowest BCUT2D eigenvalue weighted by Crippen LogP contribution is -2.12. The fourth-order valence-corrected chi connectivity index (χ4v) is 1.75. The number of nitro benzene ring substituents is 1. The van der Waals surface area contributed by atoms with E-state index in [1.165, 1.54) is 12.1 Å². The molecule has 0 atom stereocenters. The van der Waals surface area contributed by atoms with Gasteiger partial charge in [-0.1, -0.05) is 24.3 Å². The number of aromatic hydroxyl groups is 1. The molecule has 0 unspecified atom stereocenters. The molecule has 5 nitrogen and oxygen atoms in total. The van der Waals surface area contributed by atoms with Crippen molar-refractivity contribution in [3.05, 3.63) is 69.8 Å². The molecule has 0 aromatic heterocycles. The van der Waals surface area contributed by atoms with Crippen molar-refractivity contribution < 1.29 is 10.0 Å². The first kappa shape index (κ1) is 13.0. The molecule has 19 heavy (non-hydrogen) atoms. The van der Waals surface area contributed by atoms with Gasteiger partial charge >= 0.3 is 0 Å². The van der Waals surface area contributed by atoms with E-state index in [1.807, 2.05) is 6.07 Å². The minimum absolute atomic E-state index is 0.0942. The molecular formula is C14H14N2O3. The second-order valence-electron chi connectivity index (χ2n) is 4.20. The van der Waals surface area contributed by atoms with E-state index in [9.17, 15) is 15.2 Å². The van der Waals surface area contributed by atoms with E-state index < -0.39 is 4.92 Å². The van der Waals surface area contributed by atoms with Crippen molar-refractivity contribution in [1.82, 2.24) is 5.32 Å². The second-order valence-corrected chi connectivity index (χ2v) is 4.20. The van der Waals surface area contributed by atoms with Crippen molar-refractivity contribution in [3.8, 4) is 5.75 Å². The summed E-state index contributed by atoms with van der Waals surface area (Å²) in [5.74, 6) is 0.245. The van der Waals surface area contributed by atoms with Crippen molar-refractivity contribution in [2.45, 2.75) is 13.1 Å². The summed E-state index contributed by atoms with van der Waals surface area (Å²) in [6, 6.07) is 13.5. The van der Waals surface area contributed by atoms with Gasteiger partial charge in [0.1, 0.15) is 5.75 Å². The highest BCUT2D eigenvalue weighted by Crippen LogP contribution is 2.13. The number of nitro groups is 1. The largest absolute Gasteiger partial charge is 0.508 e. The maximum absolute atomic E-state index is 10.5. The molecule has 0 spiro atoms. The molecule has 0 amide bonds. The molecule has 0 bridgehead atoms. The van der Waals surface area contributed by atoms with Gasteiger partial charge in [0.05, 0.1) is 4.92 Å². The van der Waals surface area contributed by atoms with Crippen molar-refractivity contribution in [2.75, 3.05) is 0 Å². The average molecular weight is 258 g/mol. The molecule has 0 aliphatic rings. The van der Waals surface area contributed by atoms with Crippen LogP contribution in [0.1, 0.15) is 11.1 Å². The van der Waals surface area contributed by atoms with Crippen molar-refractivity contribution in [3.63, 3.8) is 0 Å². The van der Waals surface area contributed by atoms with Crippen LogP contribution < -0.4 is 5.32 Å². The van der Waals surface area contributed by atoms with Gasteiger partial charge in [0.2, 0.25) is 0 Å². The van der Waals surface area contributed by atoms with Gasteiger partial charge in [0.25, 0.3) is 5.69 Å². The van der Waals surface area contributed by atoms with E-state index in [0.717, 1.165) is 11.1 Å². The SMILES string of the molecule is O=[N+]([O-])c1ccc(CNCc2cccc(O)c2)cc1. The van der Waals surface area contributed by atoms with Gasteiger partial charge in [0, 0.05) is 25.2 Å². The number of non-ortho nitro benzene ring substituents is 1. The topological polar surface area (TPSA) is 75.4 Å². The third-order valence-corrected chi connectivity index (χ3v) is 2.72. The summed E-state index contributed by atoms with van der Waals surface area (Å²) in [5, 5.41) is 23.0. The van der Waals surface area contributed by atoms with E-state index in [1.54, 1.807) is 30.3 Å². The van der Waals surface area contributed by atoms with Gasteiger partial charge in [-0.05, 0) is 23.3 Å². The van der Waals surface area contributed by atoms with Crippen LogP contribution >= 0.6 is 0 Å². The number of hydrogen-bond acceptors (Lipinski definition) is 4. The quantitative estimate of drug-likeness (QED) is 0.638. The van der Waals surface area contributed by atoms with E-state index in [4.69, 9.17) is 0 Å². The number of benzene rings is 2. The molecule has 5 heteroatoms. The standard InChI is InChI=1S/C14H14N2O3/c17-14-3-1-2-12(8-14)10-15-9-11-4-6-13(7-5-11)16(18)19/h1-8,15,17H,9-10H2. The number of nitrogens with zero attached hydrogens (tertiary/aromatic N) is 1. The van der Waals surface area contributed by atoms with Gasteiger partial charge in [-0.25, -0.2) is 0 Å². The molecule has 0 heterocycles. The van der Waals surface area contributed by atoms with Gasteiger partial charge in [-0.2, -0.15) is 0 Å². The van der Waals surface area contributed by atoms with Crippen molar-refractivity contribution in [2.24, 2.45) is 0 Å². The number of nitrogens with one attached hydrogen (secondary N) is 1. The maximum atomic E-state index is 10.5. The third kappa shape index (κ3) is 3.79. The van der Waals surface area contributed by atoms with E-state index in [2.05, 4.69) is 5.32 Å². The smallest absolute Gasteiger partial charge is 0.269 e. The third-order valence-electron chi connectivity index (χ3n) is 2.72. The highest BCUT2D eigenvalue weighted by atomic mass is 16.6. The van der Waals surface area contributed by atoms with Crippen LogP contribution in [0.5, 0.6) is 5.75 Å². The molecule has 2 rings (SSSR count). The van der Waals surface area contributed by atoms with Crippen LogP contribution in [-0.2, 0) is 13.1 Å². The van der Waals surface area contributed by atoms with Crippen LogP contribution in [0.15, 0.2) is 48.5 Å². The highest BCUT2D eigenvalue weighted by Gasteiger charge is 2.03. The Kier molecular flexibility index (Phi) is 4.10. The molecular weight excluding hydrogens is 244 g/mol. The molecule has 0 saturated heterocycles. The average Bonchev–Trinajstić information content (AvgIpc) is 2.39. The zero-order valence-corrected chi connectivity index (χ0v) is 10.2. The monoisotopic (exact) mass is 258 g/mol. The number of hydrogen-bond donors (Lipinski definition) is 2. The molecule has 0 aliphatic heterocycles. The summed E-state index contributed by atoms with van der Waals surface area (Å²) in [6.45, 7) is 1.25. The Morgan fingerprint density at radius 1 is 1.05 bits per heavy atom. The fraction of sp³-hybridized carbons (Fsp3) is 0.143. The minimum Gasteiger partial charge on any atom is -0.508 e. The summed E-state index contributed by atoms with van der Waals surface area (Å²) >= 11 is 0. The van der Waals surface area contributed by atoms with Crippen LogP contribution in [0.2, 0.25) is 0 Å². The lowest BCUT2D eigenvalue weighted by atomic mass is 10.2. The lowest BCUT2D eigenvalue weighted by Gasteiger charge is -2.05. The Morgan fingerprint density at radius 3 is 2.37 bits per heavy atom.